The van der Waals surface area contributed by atoms with Gasteiger partial charge in [0.15, 0.2) is 0 Å². The first-order valence-electron chi connectivity index (χ1n) is 9.31. The maximum absolute atomic E-state index is 12.6. The number of likely N-dealkylation sites (tertiary alicyclic amines) is 1. The predicted octanol–water partition coefficient (Wildman–Crippen LogP) is 3.95. The van der Waals surface area contributed by atoms with E-state index in [0.29, 0.717) is 6.54 Å². The second-order valence-corrected chi connectivity index (χ2v) is 7.01. The van der Waals surface area contributed by atoms with Gasteiger partial charge in [-0.15, -0.1) is 0 Å². The van der Waals surface area contributed by atoms with Crippen LogP contribution in [0.3, 0.4) is 0 Å². The molecule has 0 atom stereocenters. The Labute approximate surface area is 155 Å². The predicted molar refractivity (Wildman–Crippen MR) is 104 cm³/mol. The van der Waals surface area contributed by atoms with Crippen LogP contribution >= 0.6 is 0 Å². The van der Waals surface area contributed by atoms with Gasteiger partial charge in [0, 0.05) is 32.3 Å². The third kappa shape index (κ3) is 4.28. The van der Waals surface area contributed by atoms with Gasteiger partial charge in [-0.25, -0.2) is 4.79 Å². The molecule has 0 saturated carbocycles. The molecule has 3 rings (SSSR count). The summed E-state index contributed by atoms with van der Waals surface area (Å²) in [6.45, 7) is 5.94. The maximum Gasteiger partial charge on any atom is 0.317 e. The molecule has 0 aliphatic carbocycles. The summed E-state index contributed by atoms with van der Waals surface area (Å²) in [6, 6.07) is 12.2. The fourth-order valence-corrected chi connectivity index (χ4v) is 3.43. The fraction of sp³-hybridized carbons (Fsp3) is 0.476. The number of hydrogen-bond donors (Lipinski definition) is 1. The maximum atomic E-state index is 12.6. The Balaban J connectivity index is 1.74. The molecule has 2 aromatic carbocycles. The highest BCUT2D eigenvalue weighted by Gasteiger charge is 2.22. The van der Waals surface area contributed by atoms with E-state index in [1.807, 2.05) is 36.9 Å². The highest BCUT2D eigenvalue weighted by Crippen LogP contribution is 2.29. The van der Waals surface area contributed by atoms with Crippen molar-refractivity contribution in [2.75, 3.05) is 20.2 Å². The summed E-state index contributed by atoms with van der Waals surface area (Å²) >= 11 is 0. The van der Waals surface area contributed by atoms with E-state index in [4.69, 9.17) is 9.47 Å². The van der Waals surface area contributed by atoms with Gasteiger partial charge in [-0.05, 0) is 43.5 Å². The largest absolute Gasteiger partial charge is 0.491 e. The van der Waals surface area contributed by atoms with Crippen molar-refractivity contribution in [3.05, 3.63) is 42.0 Å². The van der Waals surface area contributed by atoms with Crippen LogP contribution in [-0.4, -0.2) is 43.3 Å². The van der Waals surface area contributed by atoms with E-state index in [1.54, 1.807) is 7.11 Å². The summed E-state index contributed by atoms with van der Waals surface area (Å²) in [5, 5.41) is 5.34. The van der Waals surface area contributed by atoms with Crippen LogP contribution < -0.4 is 10.1 Å². The molecule has 1 heterocycles. The van der Waals surface area contributed by atoms with Crippen molar-refractivity contribution in [3.63, 3.8) is 0 Å². The smallest absolute Gasteiger partial charge is 0.317 e. The van der Waals surface area contributed by atoms with Gasteiger partial charge < -0.3 is 19.7 Å². The van der Waals surface area contributed by atoms with Gasteiger partial charge in [-0.1, -0.05) is 30.3 Å². The van der Waals surface area contributed by atoms with Crippen LogP contribution in [0.15, 0.2) is 36.4 Å². The Bertz CT molecular complexity index is 752. The van der Waals surface area contributed by atoms with Crippen LogP contribution in [0, 0.1) is 0 Å². The Morgan fingerprint density at radius 3 is 2.62 bits per heavy atom. The molecule has 2 aromatic rings. The lowest BCUT2D eigenvalue weighted by molar-refractivity contribution is 0.0503. The number of ether oxygens (including phenoxy) is 2. The molecule has 2 amide bonds. The number of rotatable bonds is 5. The molecular formula is C21H28N2O3. The summed E-state index contributed by atoms with van der Waals surface area (Å²) in [7, 11) is 1.73. The van der Waals surface area contributed by atoms with Crippen molar-refractivity contribution in [1.82, 2.24) is 10.2 Å². The van der Waals surface area contributed by atoms with Crippen LogP contribution in [0.2, 0.25) is 0 Å². The van der Waals surface area contributed by atoms with Crippen LogP contribution in [0.25, 0.3) is 10.8 Å². The Hall–Kier alpha value is -2.27. The Morgan fingerprint density at radius 2 is 1.92 bits per heavy atom. The monoisotopic (exact) mass is 356 g/mol. The zero-order valence-electron chi connectivity index (χ0n) is 15.8. The first-order valence-corrected chi connectivity index (χ1v) is 9.31. The molecular weight excluding hydrogens is 328 g/mol. The van der Waals surface area contributed by atoms with Crippen LogP contribution in [-0.2, 0) is 11.3 Å². The zero-order chi connectivity index (χ0) is 18.5. The highest BCUT2D eigenvalue weighted by atomic mass is 16.5. The second kappa shape index (κ2) is 8.41. The molecule has 5 nitrogen and oxygen atoms in total. The first-order chi connectivity index (χ1) is 12.6. The Morgan fingerprint density at radius 1 is 1.19 bits per heavy atom. The number of carbonyl (C=O) groups excluding carboxylic acids is 1. The van der Waals surface area contributed by atoms with E-state index < -0.39 is 0 Å². The van der Waals surface area contributed by atoms with E-state index >= 15 is 0 Å². The van der Waals surface area contributed by atoms with Gasteiger partial charge in [0.1, 0.15) is 5.75 Å². The normalized spacial score (nSPS) is 15.5. The lowest BCUT2D eigenvalue weighted by Crippen LogP contribution is -2.45. The van der Waals surface area contributed by atoms with Crippen molar-refractivity contribution in [1.29, 1.82) is 0 Å². The molecule has 5 heteroatoms. The molecule has 1 saturated heterocycles. The van der Waals surface area contributed by atoms with Gasteiger partial charge in [-0.2, -0.15) is 0 Å². The Kier molecular flexibility index (Phi) is 5.99. The van der Waals surface area contributed by atoms with Crippen molar-refractivity contribution >= 4 is 16.8 Å². The number of hydrogen-bond acceptors (Lipinski definition) is 3. The molecule has 1 N–H and O–H groups in total. The van der Waals surface area contributed by atoms with E-state index in [0.717, 1.165) is 48.0 Å². The van der Waals surface area contributed by atoms with Gasteiger partial charge >= 0.3 is 6.03 Å². The van der Waals surface area contributed by atoms with E-state index in [1.165, 1.54) is 0 Å². The minimum Gasteiger partial charge on any atom is -0.491 e. The van der Waals surface area contributed by atoms with Crippen molar-refractivity contribution in [2.24, 2.45) is 0 Å². The van der Waals surface area contributed by atoms with Crippen LogP contribution in [0.4, 0.5) is 4.79 Å². The van der Waals surface area contributed by atoms with Gasteiger partial charge in [0.05, 0.1) is 12.2 Å². The van der Waals surface area contributed by atoms with Gasteiger partial charge in [0.2, 0.25) is 0 Å². The molecule has 1 aliphatic rings. The topological polar surface area (TPSA) is 50.8 Å². The quantitative estimate of drug-likeness (QED) is 0.883. The van der Waals surface area contributed by atoms with E-state index in [-0.39, 0.29) is 18.2 Å². The number of amides is 2. The number of fused-ring (bicyclic) bond motifs is 1. The minimum atomic E-state index is -0.0250. The van der Waals surface area contributed by atoms with E-state index in [2.05, 4.69) is 23.5 Å². The average molecular weight is 356 g/mol. The average Bonchev–Trinajstić information content (AvgIpc) is 2.66. The van der Waals surface area contributed by atoms with Crippen molar-refractivity contribution in [2.45, 2.75) is 45.4 Å². The number of methoxy groups -OCH3 is 1. The summed E-state index contributed by atoms with van der Waals surface area (Å²) in [5.74, 6) is 0.831. The summed E-state index contributed by atoms with van der Waals surface area (Å²) < 4.78 is 11.4. The van der Waals surface area contributed by atoms with Crippen LogP contribution in [0.5, 0.6) is 5.75 Å². The number of nitrogens with one attached hydrogen (secondary N) is 1. The molecule has 1 aliphatic heterocycles. The molecule has 1 fully saturated rings. The number of benzene rings is 2. The SMILES string of the molecule is COC1CCN(C(=O)NCc2c(OC(C)C)ccc3ccccc23)CC1. The zero-order valence-corrected chi connectivity index (χ0v) is 15.8. The van der Waals surface area contributed by atoms with Crippen molar-refractivity contribution < 1.29 is 14.3 Å². The highest BCUT2D eigenvalue weighted by molar-refractivity contribution is 5.88. The number of nitrogens with zero attached hydrogens (tertiary/aromatic N) is 1. The third-order valence-electron chi connectivity index (χ3n) is 4.84. The molecule has 0 spiro atoms. The number of piperidine rings is 1. The summed E-state index contributed by atoms with van der Waals surface area (Å²) in [5.41, 5.74) is 1.02. The van der Waals surface area contributed by atoms with Crippen molar-refractivity contribution in [3.8, 4) is 5.75 Å². The lowest BCUT2D eigenvalue weighted by atomic mass is 10.0. The molecule has 26 heavy (non-hydrogen) atoms. The first kappa shape index (κ1) is 18.5. The molecule has 0 bridgehead atoms. The third-order valence-corrected chi connectivity index (χ3v) is 4.84. The number of carbonyl (C=O) groups is 1. The molecule has 0 radical (unpaired) electrons. The second-order valence-electron chi connectivity index (χ2n) is 7.01. The minimum absolute atomic E-state index is 0.0250. The van der Waals surface area contributed by atoms with Crippen LogP contribution in [0.1, 0.15) is 32.3 Å². The molecule has 0 unspecified atom stereocenters. The lowest BCUT2D eigenvalue weighted by Gasteiger charge is -2.31. The van der Waals surface area contributed by atoms with E-state index in [9.17, 15) is 4.79 Å². The summed E-state index contributed by atoms with van der Waals surface area (Å²) in [6.07, 6.45) is 2.13. The molecule has 0 aromatic heterocycles. The number of urea groups is 1. The molecule has 140 valence electrons. The fourth-order valence-electron chi connectivity index (χ4n) is 3.43. The van der Waals surface area contributed by atoms with Gasteiger partial charge in [-0.3, -0.25) is 0 Å². The standard InChI is InChI=1S/C21H28N2O3/c1-15(2)26-20-9-8-16-6-4-5-7-18(16)19(20)14-22-21(24)23-12-10-17(25-3)11-13-23/h4-9,15,17H,10-14H2,1-3H3,(H,22,24). The van der Waals surface area contributed by atoms with Gasteiger partial charge in [0.25, 0.3) is 0 Å². The summed E-state index contributed by atoms with van der Waals surface area (Å²) in [4.78, 5) is 14.4.